The summed E-state index contributed by atoms with van der Waals surface area (Å²) in [4.78, 5) is 38.4. The Morgan fingerprint density at radius 1 is 0.263 bits per heavy atom. The highest BCUT2D eigenvalue weighted by Crippen LogP contribution is 2.16. The number of hydrogen-bond donors (Lipinski definition) is 0. The van der Waals surface area contributed by atoms with Gasteiger partial charge in [-0.25, -0.2) is 0 Å². The van der Waals surface area contributed by atoms with Gasteiger partial charge in [-0.1, -0.05) is 304 Å². The molecule has 0 spiro atoms. The lowest BCUT2D eigenvalue weighted by atomic mass is 10.0. The molecule has 0 aromatic heterocycles. The molecule has 0 radical (unpaired) electrons. The largest absolute Gasteiger partial charge is 0.462 e. The first-order chi connectivity index (χ1) is 39.5. The highest BCUT2D eigenvalue weighted by Gasteiger charge is 2.19. The Bertz CT molecular complexity index is 1610. The quantitative estimate of drug-likeness (QED) is 0.0261. The van der Waals surface area contributed by atoms with Gasteiger partial charge >= 0.3 is 17.9 Å². The maximum absolute atomic E-state index is 12.9. The fourth-order valence-corrected chi connectivity index (χ4v) is 9.45. The van der Waals surface area contributed by atoms with Crippen molar-refractivity contribution >= 4 is 17.9 Å². The first-order valence-corrected chi connectivity index (χ1v) is 33.9. The van der Waals surface area contributed by atoms with E-state index in [1.165, 1.54) is 161 Å². The van der Waals surface area contributed by atoms with Crippen LogP contribution in [0, 0.1) is 0 Å². The van der Waals surface area contributed by atoms with Gasteiger partial charge < -0.3 is 14.2 Å². The molecule has 0 heterocycles. The van der Waals surface area contributed by atoms with Gasteiger partial charge in [-0.2, -0.15) is 0 Å². The number of allylic oxidation sites excluding steroid dienone is 18. The summed E-state index contributed by atoms with van der Waals surface area (Å²) in [7, 11) is 0. The minimum absolute atomic E-state index is 0.0873. The summed E-state index contributed by atoms with van der Waals surface area (Å²) in [6.07, 6.45) is 92.4. The second kappa shape index (κ2) is 67.6. The van der Waals surface area contributed by atoms with Crippen LogP contribution in [-0.4, -0.2) is 37.2 Å². The number of rotatable bonds is 61. The minimum Gasteiger partial charge on any atom is -0.462 e. The van der Waals surface area contributed by atoms with E-state index in [1.807, 2.05) is 0 Å². The molecule has 0 aliphatic rings. The van der Waals surface area contributed by atoms with Gasteiger partial charge in [0.15, 0.2) is 6.10 Å². The first kappa shape index (κ1) is 76.1. The van der Waals surface area contributed by atoms with Crippen LogP contribution in [-0.2, 0) is 28.6 Å². The maximum atomic E-state index is 12.9. The molecule has 0 saturated heterocycles. The fraction of sp³-hybridized carbons (Fsp3) is 0.716. The first-order valence-electron chi connectivity index (χ1n) is 33.9. The SMILES string of the molecule is CC/C=C\C/C=C\C/C=C\C/C=C\C/C=C\C/C=C\CCCCCCC(=O)OC(COC(=O)CCCCCCCCCCCCCC)COC(=O)CCCCCCCCCCCCCC/C=C\C/C=C\C/C=C\CCCCCCC. The van der Waals surface area contributed by atoms with Gasteiger partial charge in [0.25, 0.3) is 0 Å². The molecule has 0 fully saturated rings. The summed E-state index contributed by atoms with van der Waals surface area (Å²) in [5.74, 6) is -0.904. The molecule has 0 aromatic rings. The van der Waals surface area contributed by atoms with Crippen molar-refractivity contribution < 1.29 is 28.6 Å². The third-order valence-electron chi connectivity index (χ3n) is 14.5. The summed E-state index contributed by atoms with van der Waals surface area (Å²) < 4.78 is 16.9. The highest BCUT2D eigenvalue weighted by molar-refractivity contribution is 5.71. The van der Waals surface area contributed by atoms with Crippen LogP contribution in [0.3, 0.4) is 0 Å². The zero-order chi connectivity index (χ0) is 57.8. The van der Waals surface area contributed by atoms with Gasteiger partial charge in [-0.3, -0.25) is 14.4 Å². The third-order valence-corrected chi connectivity index (χ3v) is 14.5. The van der Waals surface area contributed by atoms with Crippen LogP contribution in [0.5, 0.6) is 0 Å². The lowest BCUT2D eigenvalue weighted by Crippen LogP contribution is -2.30. The van der Waals surface area contributed by atoms with Crippen LogP contribution in [0.1, 0.15) is 323 Å². The monoisotopic (exact) mass is 1110 g/mol. The van der Waals surface area contributed by atoms with Crippen LogP contribution in [0.2, 0.25) is 0 Å². The zero-order valence-corrected chi connectivity index (χ0v) is 52.6. The van der Waals surface area contributed by atoms with Crippen molar-refractivity contribution in [1.82, 2.24) is 0 Å². The average Bonchev–Trinajstić information content (AvgIpc) is 3.46. The second-order valence-corrected chi connectivity index (χ2v) is 22.4. The van der Waals surface area contributed by atoms with E-state index in [9.17, 15) is 14.4 Å². The molecule has 0 bridgehead atoms. The van der Waals surface area contributed by atoms with Crippen molar-refractivity contribution in [2.45, 2.75) is 329 Å². The maximum Gasteiger partial charge on any atom is 0.306 e. The lowest BCUT2D eigenvalue weighted by Gasteiger charge is -2.18. The predicted molar refractivity (Wildman–Crippen MR) is 348 cm³/mol. The van der Waals surface area contributed by atoms with Crippen LogP contribution in [0.4, 0.5) is 0 Å². The van der Waals surface area contributed by atoms with E-state index in [4.69, 9.17) is 14.2 Å². The Morgan fingerprint density at radius 2 is 0.487 bits per heavy atom. The van der Waals surface area contributed by atoms with Crippen molar-refractivity contribution in [3.05, 3.63) is 109 Å². The summed E-state index contributed by atoms with van der Waals surface area (Å²) >= 11 is 0. The van der Waals surface area contributed by atoms with E-state index < -0.39 is 6.10 Å². The number of ether oxygens (including phenoxy) is 3. The van der Waals surface area contributed by atoms with Gasteiger partial charge in [0.1, 0.15) is 13.2 Å². The molecule has 1 atom stereocenters. The fourth-order valence-electron chi connectivity index (χ4n) is 9.45. The smallest absolute Gasteiger partial charge is 0.306 e. The minimum atomic E-state index is -0.794. The number of carbonyl (C=O) groups is 3. The van der Waals surface area contributed by atoms with E-state index in [1.54, 1.807) is 0 Å². The topological polar surface area (TPSA) is 78.9 Å². The molecular weight excluding hydrogens is 985 g/mol. The van der Waals surface area contributed by atoms with Crippen molar-refractivity contribution in [2.24, 2.45) is 0 Å². The molecule has 80 heavy (non-hydrogen) atoms. The molecule has 0 rings (SSSR count). The van der Waals surface area contributed by atoms with Crippen LogP contribution < -0.4 is 0 Å². The molecule has 1 unspecified atom stereocenters. The van der Waals surface area contributed by atoms with E-state index in [2.05, 4.69) is 130 Å². The number of esters is 3. The molecule has 0 aliphatic heterocycles. The Kier molecular flexibility index (Phi) is 64.3. The normalized spacial score (nSPS) is 12.8. The summed E-state index contributed by atoms with van der Waals surface area (Å²) in [6.45, 7) is 6.52. The molecular formula is C74H126O6. The Labute approximate surface area is 495 Å². The Morgan fingerprint density at radius 3 is 0.762 bits per heavy atom. The van der Waals surface area contributed by atoms with E-state index in [-0.39, 0.29) is 31.1 Å². The van der Waals surface area contributed by atoms with E-state index in [0.29, 0.717) is 19.3 Å². The van der Waals surface area contributed by atoms with Crippen molar-refractivity contribution in [1.29, 1.82) is 0 Å². The van der Waals surface area contributed by atoms with Gasteiger partial charge in [-0.15, -0.1) is 0 Å². The van der Waals surface area contributed by atoms with Crippen LogP contribution >= 0.6 is 0 Å². The molecule has 458 valence electrons. The summed E-state index contributed by atoms with van der Waals surface area (Å²) in [5, 5.41) is 0. The van der Waals surface area contributed by atoms with Gasteiger partial charge in [0.2, 0.25) is 0 Å². The van der Waals surface area contributed by atoms with E-state index >= 15 is 0 Å². The summed E-state index contributed by atoms with van der Waals surface area (Å²) in [6, 6.07) is 0. The van der Waals surface area contributed by atoms with Gasteiger partial charge in [-0.05, 0) is 109 Å². The number of carbonyl (C=O) groups excluding carboxylic acids is 3. The lowest BCUT2D eigenvalue weighted by molar-refractivity contribution is -0.167. The molecule has 0 aliphatic carbocycles. The number of hydrogen-bond acceptors (Lipinski definition) is 6. The second-order valence-electron chi connectivity index (χ2n) is 22.4. The third kappa shape index (κ3) is 64.9. The zero-order valence-electron chi connectivity index (χ0n) is 52.6. The van der Waals surface area contributed by atoms with Crippen molar-refractivity contribution in [3.8, 4) is 0 Å². The van der Waals surface area contributed by atoms with Crippen molar-refractivity contribution in [3.63, 3.8) is 0 Å². The predicted octanol–water partition coefficient (Wildman–Crippen LogP) is 23.4. The molecule has 0 N–H and O–H groups in total. The van der Waals surface area contributed by atoms with Crippen molar-refractivity contribution in [2.75, 3.05) is 13.2 Å². The summed E-state index contributed by atoms with van der Waals surface area (Å²) in [5.41, 5.74) is 0. The standard InChI is InChI=1S/C74H126O6/c1-4-7-10-13-16-19-22-25-27-29-31-33-35-36-37-38-40-41-43-45-47-49-52-55-58-61-64-67-73(76)79-70-71(69-78-72(75)66-63-60-57-54-51-24-21-18-15-12-9-6-3)80-74(77)68-65-62-59-56-53-50-48-46-44-42-39-34-32-30-28-26-23-20-17-14-11-8-5-2/h8,11,17,20,22,25-26,28-29,31-32,34-36,42,44,48,50,71H,4-7,9-10,12-16,18-19,21,23-24,27,30,33,37-41,43,45-47,49,51-70H2,1-3H3/b11-8-,20-17-,25-22-,28-26-,31-29-,34-32-,36-35-,44-42-,50-48-. The van der Waals surface area contributed by atoms with Gasteiger partial charge in [0.05, 0.1) is 0 Å². The molecule has 0 aromatic carbocycles. The Hall–Kier alpha value is -3.93. The molecule has 6 nitrogen and oxygen atoms in total. The number of unbranched alkanes of at least 4 members (excludes halogenated alkanes) is 32. The van der Waals surface area contributed by atoms with E-state index in [0.717, 1.165) is 122 Å². The Balaban J connectivity index is 4.33. The van der Waals surface area contributed by atoms with Crippen LogP contribution in [0.15, 0.2) is 109 Å². The molecule has 0 amide bonds. The molecule has 6 heteroatoms. The van der Waals surface area contributed by atoms with Crippen LogP contribution in [0.25, 0.3) is 0 Å². The molecule has 0 saturated carbocycles. The highest BCUT2D eigenvalue weighted by atomic mass is 16.6. The van der Waals surface area contributed by atoms with Gasteiger partial charge in [0, 0.05) is 19.3 Å². The average molecular weight is 1110 g/mol.